The number of aliphatic carboxylic acids is 7. The minimum atomic E-state index is -1.55. The van der Waals surface area contributed by atoms with E-state index < -0.39 is 85.3 Å². The zero-order chi connectivity index (χ0) is 57.1. The van der Waals surface area contributed by atoms with Crippen molar-refractivity contribution in [3.8, 4) is 0 Å². The summed E-state index contributed by atoms with van der Waals surface area (Å²) in [6.45, 7) is 0.531. The second-order valence-electron chi connectivity index (χ2n) is 18.8. The Labute approximate surface area is 455 Å². The van der Waals surface area contributed by atoms with Crippen LogP contribution < -0.4 is 21.3 Å². The van der Waals surface area contributed by atoms with E-state index in [1.165, 1.54) is 0 Å². The summed E-state index contributed by atoms with van der Waals surface area (Å²) in [4.78, 5) is 121. The molecular formula is C51H70N10O16S. The van der Waals surface area contributed by atoms with Crippen LogP contribution in [0.25, 0.3) is 10.8 Å². The van der Waals surface area contributed by atoms with Crippen LogP contribution in [0.4, 0.5) is 10.5 Å². The topological polar surface area (TPSA) is 372 Å². The van der Waals surface area contributed by atoms with Gasteiger partial charge in [0, 0.05) is 95.1 Å². The Morgan fingerprint density at radius 3 is 1.81 bits per heavy atom. The van der Waals surface area contributed by atoms with E-state index in [1.54, 1.807) is 42.8 Å². The number of nitrogens with one attached hydrogen (secondary N) is 4. The first-order valence-corrected chi connectivity index (χ1v) is 25.8. The molecule has 2 aromatic carbocycles. The number of pyridine rings is 1. The normalized spacial score (nSPS) is 15.8. The third kappa shape index (κ3) is 23.7. The van der Waals surface area contributed by atoms with Gasteiger partial charge in [0.15, 0.2) is 5.11 Å². The van der Waals surface area contributed by atoms with Gasteiger partial charge in [-0.05, 0) is 86.3 Å². The quantitative estimate of drug-likeness (QED) is 0.0332. The number of anilines is 1. The molecule has 1 saturated heterocycles. The van der Waals surface area contributed by atoms with Gasteiger partial charge in [0.05, 0.1) is 38.4 Å². The van der Waals surface area contributed by atoms with Gasteiger partial charge in [-0.1, -0.05) is 36.4 Å². The number of carboxylic acid groups (broad SMARTS) is 7. The Kier molecular flexibility index (Phi) is 26.5. The number of benzene rings is 2. The monoisotopic (exact) mass is 1110 g/mol. The van der Waals surface area contributed by atoms with Gasteiger partial charge >= 0.3 is 47.8 Å². The lowest BCUT2D eigenvalue weighted by atomic mass is 10.0. The molecular weight excluding hydrogens is 1040 g/mol. The SMILES string of the molecule is O=C(O)CCC(NC(=O)N[C@@H](CCCCN(Cc1nccc2ccccc12)C(=O)CCCCNC(=S)Nc1ccc(CC2CN(CC(=O)O)CCN(CC(=O)O)CCN(CC(=O)O)CCN2CC(=O)O)cc1)C(=O)O)C(=O)O. The van der Waals surface area contributed by atoms with Crippen LogP contribution >= 0.6 is 12.2 Å². The Bertz CT molecular complexity index is 2540. The summed E-state index contributed by atoms with van der Waals surface area (Å²) in [6, 6.07) is 12.1. The van der Waals surface area contributed by atoms with Crippen LogP contribution in [-0.2, 0) is 51.3 Å². The number of carboxylic acids is 7. The van der Waals surface area contributed by atoms with Crippen LogP contribution in [-0.4, -0.2) is 227 Å². The maximum absolute atomic E-state index is 13.8. The standard InChI is InChI=1S/C51H70N10O16S/c62-42(61(29-41-38-8-2-1-7-35(38)17-19-52-41)20-6-4-9-39(48(73)74)55-50(77)56-40(49(75)76)15-16-43(63)64)10-3-5-18-53-51(78)54-36-13-11-34(12-14-36)27-37-28-59(32-46(69)70)24-23-57(30-44(65)66)21-22-58(31-45(67)68)25-26-60(37)33-47(71)72/h1-2,7-8,11-14,17,19,37,39-40H,3-6,9-10,15-16,18,20-33H2,(H,63,64)(H,65,66)(H,67,68)(H,69,70)(H,71,72)(H,73,74)(H,75,76)(H2,53,54,78)(H2,55,56,77)/t37?,39-,40?/m0/s1. The van der Waals surface area contributed by atoms with Gasteiger partial charge in [-0.2, -0.15) is 0 Å². The number of nitrogens with zero attached hydrogens (tertiary/aromatic N) is 6. The van der Waals surface area contributed by atoms with Crippen molar-refractivity contribution in [2.75, 3.05) is 90.4 Å². The lowest BCUT2D eigenvalue weighted by molar-refractivity contribution is -0.142. The molecule has 2 unspecified atom stereocenters. The average Bonchev–Trinajstić information content (AvgIpc) is 3.36. The first-order valence-electron chi connectivity index (χ1n) is 25.4. The number of amides is 3. The zero-order valence-electron chi connectivity index (χ0n) is 43.2. The highest BCUT2D eigenvalue weighted by Crippen LogP contribution is 2.20. The summed E-state index contributed by atoms with van der Waals surface area (Å²) in [5.41, 5.74) is 2.09. The van der Waals surface area contributed by atoms with Gasteiger partial charge in [0.2, 0.25) is 5.91 Å². The maximum Gasteiger partial charge on any atom is 0.326 e. The number of rotatable bonds is 30. The maximum atomic E-state index is 13.8. The smallest absolute Gasteiger partial charge is 0.326 e. The van der Waals surface area contributed by atoms with Crippen molar-refractivity contribution in [1.82, 2.24) is 45.4 Å². The van der Waals surface area contributed by atoms with Gasteiger partial charge in [0.25, 0.3) is 0 Å². The van der Waals surface area contributed by atoms with Crippen LogP contribution in [0.1, 0.15) is 62.6 Å². The molecule has 0 radical (unpaired) electrons. The number of aromatic nitrogens is 1. The van der Waals surface area contributed by atoms with Gasteiger partial charge in [0.1, 0.15) is 12.1 Å². The summed E-state index contributed by atoms with van der Waals surface area (Å²) in [5.74, 6) is -8.68. The predicted molar refractivity (Wildman–Crippen MR) is 286 cm³/mol. The van der Waals surface area contributed by atoms with E-state index in [1.807, 2.05) is 42.5 Å². The number of urea groups is 1. The van der Waals surface area contributed by atoms with Crippen molar-refractivity contribution >= 4 is 87.5 Å². The highest BCUT2D eigenvalue weighted by molar-refractivity contribution is 7.80. The molecule has 27 heteroatoms. The Morgan fingerprint density at radius 1 is 0.628 bits per heavy atom. The molecule has 1 fully saturated rings. The Hall–Kier alpha value is -7.59. The predicted octanol–water partition coefficient (Wildman–Crippen LogP) is 1.43. The second kappa shape index (κ2) is 32.9. The van der Waals surface area contributed by atoms with E-state index >= 15 is 0 Å². The van der Waals surface area contributed by atoms with Crippen LogP contribution in [0.5, 0.6) is 0 Å². The van der Waals surface area contributed by atoms with Gasteiger partial charge < -0.3 is 61.9 Å². The Morgan fingerprint density at radius 2 is 1.21 bits per heavy atom. The number of thiocarbonyl (C=S) groups is 1. The van der Waals surface area contributed by atoms with Crippen molar-refractivity contribution < 1.29 is 78.9 Å². The third-order valence-corrected chi connectivity index (χ3v) is 13.1. The number of hydrogen-bond acceptors (Lipinski definition) is 15. The van der Waals surface area contributed by atoms with Crippen molar-refractivity contribution in [3.05, 3.63) is 72.1 Å². The Balaban J connectivity index is 1.34. The van der Waals surface area contributed by atoms with Crippen molar-refractivity contribution in [1.29, 1.82) is 0 Å². The van der Waals surface area contributed by atoms with Crippen LogP contribution in [0.2, 0.25) is 0 Å². The zero-order valence-corrected chi connectivity index (χ0v) is 44.0. The number of carbonyl (C=O) groups is 9. The van der Waals surface area contributed by atoms with E-state index in [9.17, 15) is 73.8 Å². The molecule has 78 heavy (non-hydrogen) atoms. The largest absolute Gasteiger partial charge is 0.481 e. The molecule has 0 saturated carbocycles. The molecule has 1 aromatic heterocycles. The molecule has 11 N–H and O–H groups in total. The van der Waals surface area contributed by atoms with Crippen LogP contribution in [0.3, 0.4) is 0 Å². The molecule has 2 heterocycles. The molecule has 1 aliphatic heterocycles. The molecule has 3 amide bonds. The van der Waals surface area contributed by atoms with Gasteiger partial charge in [-0.25, -0.2) is 14.4 Å². The first kappa shape index (κ1) is 62.9. The van der Waals surface area contributed by atoms with Crippen molar-refractivity contribution in [2.24, 2.45) is 0 Å². The summed E-state index contributed by atoms with van der Waals surface area (Å²) in [7, 11) is 0. The van der Waals surface area contributed by atoms with Gasteiger partial charge in [-0.15, -0.1) is 0 Å². The van der Waals surface area contributed by atoms with Gasteiger partial charge in [-0.3, -0.25) is 53.4 Å². The molecule has 26 nitrogen and oxygen atoms in total. The summed E-state index contributed by atoms with van der Waals surface area (Å²) >= 11 is 5.56. The minimum absolute atomic E-state index is 0.0479. The van der Waals surface area contributed by atoms with E-state index in [-0.39, 0.29) is 104 Å². The van der Waals surface area contributed by atoms with Crippen molar-refractivity contribution in [3.63, 3.8) is 0 Å². The number of fused-ring (bicyclic) bond motifs is 1. The molecule has 0 aliphatic carbocycles. The molecule has 426 valence electrons. The van der Waals surface area contributed by atoms with Crippen LogP contribution in [0.15, 0.2) is 60.8 Å². The van der Waals surface area contributed by atoms with E-state index in [0.717, 1.165) is 16.3 Å². The summed E-state index contributed by atoms with van der Waals surface area (Å²) < 4.78 is 0. The fourth-order valence-electron chi connectivity index (χ4n) is 8.86. The molecule has 0 bridgehead atoms. The van der Waals surface area contributed by atoms with Crippen molar-refractivity contribution in [2.45, 2.75) is 82.5 Å². The molecule has 3 atom stereocenters. The molecule has 4 rings (SSSR count). The number of hydrogen-bond donors (Lipinski definition) is 11. The average molecular weight is 1110 g/mol. The lowest BCUT2D eigenvalue weighted by Crippen LogP contribution is -2.53. The van der Waals surface area contributed by atoms with E-state index in [0.29, 0.717) is 48.7 Å². The third-order valence-electron chi connectivity index (χ3n) is 12.8. The summed E-state index contributed by atoms with van der Waals surface area (Å²) in [5, 5.41) is 79.6. The second-order valence-corrected chi connectivity index (χ2v) is 19.3. The van der Waals surface area contributed by atoms with Crippen LogP contribution in [0, 0.1) is 0 Å². The number of carbonyl (C=O) groups excluding carboxylic acids is 2. The minimum Gasteiger partial charge on any atom is -0.481 e. The molecule has 3 aromatic rings. The van der Waals surface area contributed by atoms with E-state index in [2.05, 4.69) is 26.3 Å². The first-order chi connectivity index (χ1) is 37.1. The molecule has 0 spiro atoms. The van der Waals surface area contributed by atoms with E-state index in [4.69, 9.17) is 17.3 Å². The highest BCUT2D eigenvalue weighted by atomic mass is 32.1. The fraction of sp³-hybridized carbons (Fsp3) is 0.510. The molecule has 1 aliphatic rings. The fourth-order valence-corrected chi connectivity index (χ4v) is 9.08. The summed E-state index contributed by atoms with van der Waals surface area (Å²) in [6.07, 6.45) is 2.78. The highest BCUT2D eigenvalue weighted by Gasteiger charge is 2.29. The lowest BCUT2D eigenvalue weighted by Gasteiger charge is -2.37. The number of unbranched alkanes of at least 4 members (excludes halogenated alkanes) is 2.